The van der Waals surface area contributed by atoms with Gasteiger partial charge in [-0.1, -0.05) is 0 Å². The van der Waals surface area contributed by atoms with Crippen LogP contribution in [0.3, 0.4) is 0 Å². The van der Waals surface area contributed by atoms with Crippen LogP contribution in [0.1, 0.15) is 23.4 Å². The lowest BCUT2D eigenvalue weighted by atomic mass is 10.1. The fraction of sp³-hybridized carbons (Fsp3) is 0.333. The van der Waals surface area contributed by atoms with E-state index in [1.165, 1.54) is 0 Å². The van der Waals surface area contributed by atoms with Gasteiger partial charge in [-0.05, 0) is 28.7 Å². The molecule has 0 saturated carbocycles. The minimum absolute atomic E-state index is 0.00541. The molecule has 7 heteroatoms. The summed E-state index contributed by atoms with van der Waals surface area (Å²) in [5.41, 5.74) is 5.55. The Morgan fingerprint density at radius 2 is 2.25 bits per heavy atom. The number of alkyl halides is 2. The average molecular weight is 342 g/mol. The van der Waals surface area contributed by atoms with Crippen molar-refractivity contribution in [1.29, 1.82) is 0 Å². The van der Waals surface area contributed by atoms with Gasteiger partial charge in [0.15, 0.2) is 0 Å². The minimum Gasteiger partial charge on any atom is -0.481 e. The highest BCUT2D eigenvalue weighted by Gasteiger charge is 2.17. The van der Waals surface area contributed by atoms with E-state index >= 15 is 0 Å². The van der Waals surface area contributed by atoms with Crippen molar-refractivity contribution in [3.05, 3.63) is 26.6 Å². The highest BCUT2D eigenvalue weighted by atomic mass is 127. The number of hydrogen-bond donors (Lipinski definition) is 2. The minimum atomic E-state index is -2.66. The highest BCUT2D eigenvalue weighted by Crippen LogP contribution is 2.27. The molecule has 0 unspecified atom stereocenters. The van der Waals surface area contributed by atoms with Crippen LogP contribution < -0.4 is 5.73 Å². The normalized spacial score (nSPS) is 10.8. The van der Waals surface area contributed by atoms with E-state index in [4.69, 9.17) is 10.8 Å². The molecule has 16 heavy (non-hydrogen) atoms. The third-order valence-corrected chi connectivity index (χ3v) is 3.11. The first-order valence-corrected chi connectivity index (χ1v) is 5.41. The standard InChI is InChI=1S/C9H9F2IN2O2/c10-9(11)5-1-4(2-7(15)16)14-6(3-13)8(5)12/h1,9H,2-3,13H2,(H,15,16). The zero-order valence-electron chi connectivity index (χ0n) is 8.08. The van der Waals surface area contributed by atoms with Crippen LogP contribution in [0.5, 0.6) is 0 Å². The van der Waals surface area contributed by atoms with Crippen molar-refractivity contribution in [2.75, 3.05) is 0 Å². The smallest absolute Gasteiger partial charge is 0.309 e. The predicted molar refractivity (Wildman–Crippen MR) is 61.1 cm³/mol. The average Bonchev–Trinajstić information content (AvgIpc) is 2.19. The molecule has 88 valence electrons. The van der Waals surface area contributed by atoms with Gasteiger partial charge in [0.05, 0.1) is 17.8 Å². The summed E-state index contributed by atoms with van der Waals surface area (Å²) in [6.07, 6.45) is -3.04. The van der Waals surface area contributed by atoms with Crippen molar-refractivity contribution in [2.45, 2.75) is 19.4 Å². The highest BCUT2D eigenvalue weighted by molar-refractivity contribution is 14.1. The molecule has 0 aliphatic carbocycles. The summed E-state index contributed by atoms with van der Waals surface area (Å²) in [7, 11) is 0. The van der Waals surface area contributed by atoms with Crippen LogP contribution in [0.2, 0.25) is 0 Å². The first-order chi connectivity index (χ1) is 7.45. The lowest BCUT2D eigenvalue weighted by molar-refractivity contribution is -0.136. The molecule has 0 aromatic carbocycles. The molecule has 1 aromatic heterocycles. The van der Waals surface area contributed by atoms with Crippen molar-refractivity contribution in [1.82, 2.24) is 4.98 Å². The molecule has 1 heterocycles. The molecule has 0 aliphatic heterocycles. The maximum atomic E-state index is 12.6. The van der Waals surface area contributed by atoms with E-state index in [0.29, 0.717) is 9.26 Å². The Bertz CT molecular complexity index is 413. The molecule has 1 rings (SSSR count). The Labute approximate surface area is 104 Å². The molecule has 0 saturated heterocycles. The summed E-state index contributed by atoms with van der Waals surface area (Å²) in [6.45, 7) is 0.00541. The van der Waals surface area contributed by atoms with Crippen molar-refractivity contribution in [3.8, 4) is 0 Å². The van der Waals surface area contributed by atoms with Gasteiger partial charge < -0.3 is 10.8 Å². The maximum absolute atomic E-state index is 12.6. The van der Waals surface area contributed by atoms with Gasteiger partial charge in [0.1, 0.15) is 0 Å². The number of pyridine rings is 1. The zero-order valence-corrected chi connectivity index (χ0v) is 10.2. The molecular weight excluding hydrogens is 333 g/mol. The molecule has 0 atom stereocenters. The van der Waals surface area contributed by atoms with E-state index in [9.17, 15) is 13.6 Å². The maximum Gasteiger partial charge on any atom is 0.309 e. The number of carboxylic acid groups (broad SMARTS) is 1. The molecule has 1 aromatic rings. The SMILES string of the molecule is NCc1nc(CC(=O)O)cc(C(F)F)c1I. The van der Waals surface area contributed by atoms with Crippen molar-refractivity contribution >= 4 is 28.6 Å². The molecule has 0 spiro atoms. The van der Waals surface area contributed by atoms with Crippen LogP contribution in [-0.4, -0.2) is 16.1 Å². The van der Waals surface area contributed by atoms with Crippen molar-refractivity contribution in [3.63, 3.8) is 0 Å². The molecule has 3 N–H and O–H groups in total. The second kappa shape index (κ2) is 5.48. The van der Waals surface area contributed by atoms with Crippen LogP contribution in [0, 0.1) is 3.57 Å². The molecule has 0 bridgehead atoms. The molecule has 4 nitrogen and oxygen atoms in total. The Balaban J connectivity index is 3.22. The topological polar surface area (TPSA) is 76.2 Å². The number of nitrogens with two attached hydrogens (primary N) is 1. The zero-order chi connectivity index (χ0) is 12.3. The van der Waals surface area contributed by atoms with Crippen LogP contribution in [0.15, 0.2) is 6.07 Å². The fourth-order valence-electron chi connectivity index (χ4n) is 1.20. The second-order valence-corrected chi connectivity index (χ2v) is 4.12. The Kier molecular flexibility index (Phi) is 4.54. The van der Waals surface area contributed by atoms with E-state index in [1.54, 1.807) is 22.6 Å². The number of carboxylic acids is 1. The first kappa shape index (κ1) is 13.2. The van der Waals surface area contributed by atoms with Crippen molar-refractivity contribution in [2.24, 2.45) is 5.73 Å². The van der Waals surface area contributed by atoms with Gasteiger partial charge in [0, 0.05) is 15.7 Å². The van der Waals surface area contributed by atoms with Crippen LogP contribution in [0.25, 0.3) is 0 Å². The number of carbonyl (C=O) groups is 1. The van der Waals surface area contributed by atoms with Gasteiger partial charge >= 0.3 is 5.97 Å². The number of aromatic nitrogens is 1. The monoisotopic (exact) mass is 342 g/mol. The Morgan fingerprint density at radius 3 is 2.69 bits per heavy atom. The largest absolute Gasteiger partial charge is 0.481 e. The molecule has 0 radical (unpaired) electrons. The summed E-state index contributed by atoms with van der Waals surface area (Å²) in [5, 5.41) is 8.57. The molecular formula is C9H9F2IN2O2. The van der Waals surface area contributed by atoms with Crippen molar-refractivity contribution < 1.29 is 18.7 Å². The van der Waals surface area contributed by atoms with Gasteiger partial charge in [-0.25, -0.2) is 8.78 Å². The number of rotatable bonds is 4. The lowest BCUT2D eigenvalue weighted by Gasteiger charge is -2.09. The summed E-state index contributed by atoms with van der Waals surface area (Å²) in [4.78, 5) is 14.4. The summed E-state index contributed by atoms with van der Waals surface area (Å²) >= 11 is 1.74. The number of hydrogen-bond acceptors (Lipinski definition) is 3. The van der Waals surface area contributed by atoms with Crippen LogP contribution in [0.4, 0.5) is 8.78 Å². The van der Waals surface area contributed by atoms with E-state index in [-0.39, 0.29) is 24.2 Å². The summed E-state index contributed by atoms with van der Waals surface area (Å²) in [6, 6.07) is 1.11. The first-order valence-electron chi connectivity index (χ1n) is 4.34. The van der Waals surface area contributed by atoms with Gasteiger partial charge in [-0.2, -0.15) is 0 Å². The third-order valence-electron chi connectivity index (χ3n) is 1.87. The van der Waals surface area contributed by atoms with E-state index in [0.717, 1.165) is 6.07 Å². The van der Waals surface area contributed by atoms with E-state index in [2.05, 4.69) is 4.98 Å². The molecule has 0 amide bonds. The lowest BCUT2D eigenvalue weighted by Crippen LogP contribution is -2.11. The third kappa shape index (κ3) is 3.08. The fourth-order valence-corrected chi connectivity index (χ4v) is 1.94. The van der Waals surface area contributed by atoms with Gasteiger partial charge in [-0.3, -0.25) is 9.78 Å². The van der Waals surface area contributed by atoms with Crippen LogP contribution in [-0.2, 0) is 17.8 Å². The van der Waals surface area contributed by atoms with Gasteiger partial charge in [-0.15, -0.1) is 0 Å². The number of halogens is 3. The molecule has 0 aliphatic rings. The predicted octanol–water partition coefficient (Wildman–Crippen LogP) is 1.71. The summed E-state index contributed by atoms with van der Waals surface area (Å²) < 4.78 is 25.6. The number of aliphatic carboxylic acids is 1. The second-order valence-electron chi connectivity index (χ2n) is 3.04. The molecule has 0 fully saturated rings. The van der Waals surface area contributed by atoms with Crippen LogP contribution >= 0.6 is 22.6 Å². The Morgan fingerprint density at radius 1 is 1.62 bits per heavy atom. The van der Waals surface area contributed by atoms with Gasteiger partial charge in [0.25, 0.3) is 6.43 Å². The summed E-state index contributed by atoms with van der Waals surface area (Å²) in [5.74, 6) is -1.11. The van der Waals surface area contributed by atoms with E-state index in [1.807, 2.05) is 0 Å². The Hall–Kier alpha value is -0.830. The quantitative estimate of drug-likeness (QED) is 0.817. The van der Waals surface area contributed by atoms with E-state index < -0.39 is 12.4 Å². The van der Waals surface area contributed by atoms with Gasteiger partial charge in [0.2, 0.25) is 0 Å². The number of nitrogens with zero attached hydrogens (tertiary/aromatic N) is 1.